The van der Waals surface area contributed by atoms with Gasteiger partial charge in [0.15, 0.2) is 0 Å². The van der Waals surface area contributed by atoms with Gasteiger partial charge in [-0.3, -0.25) is 0 Å². The summed E-state index contributed by atoms with van der Waals surface area (Å²) in [6.07, 6.45) is -2.23. The Balaban J connectivity index is 1.92. The maximum absolute atomic E-state index is 12.7. The van der Waals surface area contributed by atoms with E-state index in [1.807, 2.05) is 12.1 Å². The third kappa shape index (κ3) is 4.37. The Labute approximate surface area is 130 Å². The summed E-state index contributed by atoms with van der Waals surface area (Å²) < 4.78 is 39.1. The van der Waals surface area contributed by atoms with E-state index in [0.717, 1.165) is 16.5 Å². The van der Waals surface area contributed by atoms with Crippen molar-refractivity contribution < 1.29 is 13.2 Å². The van der Waals surface area contributed by atoms with Crippen molar-refractivity contribution in [2.75, 3.05) is 0 Å². The van der Waals surface area contributed by atoms with Gasteiger partial charge in [-0.15, -0.1) is 0 Å². The number of hydrogen-bond donors (Lipinski definition) is 1. The zero-order valence-corrected chi connectivity index (χ0v) is 13.2. The second kappa shape index (κ2) is 6.67. The third-order valence-corrected chi connectivity index (χ3v) is 4.73. The van der Waals surface area contributed by atoms with Crippen LogP contribution in [0.3, 0.4) is 0 Å². The van der Waals surface area contributed by atoms with Gasteiger partial charge in [-0.1, -0.05) is 34.0 Å². The van der Waals surface area contributed by atoms with E-state index in [9.17, 15) is 13.2 Å². The number of nitrogens with one attached hydrogen (secondary N) is 1. The zero-order valence-electron chi connectivity index (χ0n) is 10.8. The minimum atomic E-state index is -4.07. The molecule has 0 aliphatic heterocycles. The minimum Gasteiger partial charge on any atom is -0.310 e. The number of alkyl halides is 3. The maximum Gasteiger partial charge on any atom is 0.391 e. The lowest BCUT2D eigenvalue weighted by Gasteiger charge is -2.31. The molecule has 112 valence electrons. The Kier molecular flexibility index (Phi) is 5.37. The molecule has 0 radical (unpaired) electrons. The van der Waals surface area contributed by atoms with Crippen LogP contribution in [0, 0.1) is 5.92 Å². The van der Waals surface area contributed by atoms with Crippen LogP contribution < -0.4 is 5.32 Å². The molecule has 2 atom stereocenters. The van der Waals surface area contributed by atoms with Gasteiger partial charge in [0, 0.05) is 22.1 Å². The SMILES string of the molecule is FC(F)(F)C1CCCC(NCc2cc(Cl)ccc2Br)C1. The molecular formula is C14H16BrClF3N. The average molecular weight is 371 g/mol. The normalized spacial score (nSPS) is 23.9. The van der Waals surface area contributed by atoms with Crippen LogP contribution in [0.15, 0.2) is 22.7 Å². The van der Waals surface area contributed by atoms with Crippen molar-refractivity contribution in [1.82, 2.24) is 5.32 Å². The van der Waals surface area contributed by atoms with E-state index in [1.165, 1.54) is 0 Å². The van der Waals surface area contributed by atoms with Crippen LogP contribution >= 0.6 is 27.5 Å². The Morgan fingerprint density at radius 3 is 2.75 bits per heavy atom. The summed E-state index contributed by atoms with van der Waals surface area (Å²) in [5.41, 5.74) is 0.964. The van der Waals surface area contributed by atoms with Gasteiger partial charge >= 0.3 is 6.18 Å². The summed E-state index contributed by atoms with van der Waals surface area (Å²) in [4.78, 5) is 0. The molecule has 1 N–H and O–H groups in total. The number of benzene rings is 1. The molecule has 1 aromatic rings. The summed E-state index contributed by atoms with van der Waals surface area (Å²) in [6, 6.07) is 5.36. The van der Waals surface area contributed by atoms with E-state index in [0.29, 0.717) is 18.0 Å². The lowest BCUT2D eigenvalue weighted by Crippen LogP contribution is -2.38. The van der Waals surface area contributed by atoms with Crippen molar-refractivity contribution in [2.45, 2.75) is 44.4 Å². The van der Waals surface area contributed by atoms with Gasteiger partial charge in [0.2, 0.25) is 0 Å². The first-order valence-corrected chi connectivity index (χ1v) is 7.77. The smallest absolute Gasteiger partial charge is 0.310 e. The molecule has 2 unspecified atom stereocenters. The Morgan fingerprint density at radius 1 is 1.30 bits per heavy atom. The fourth-order valence-corrected chi connectivity index (χ4v) is 3.19. The van der Waals surface area contributed by atoms with Crippen molar-refractivity contribution in [1.29, 1.82) is 0 Å². The maximum atomic E-state index is 12.7. The molecule has 0 spiro atoms. The van der Waals surface area contributed by atoms with Crippen LogP contribution in [0.2, 0.25) is 5.02 Å². The summed E-state index contributed by atoms with van der Waals surface area (Å²) in [5, 5.41) is 3.85. The first-order chi connectivity index (χ1) is 9.36. The van der Waals surface area contributed by atoms with Crippen molar-refractivity contribution in [2.24, 2.45) is 5.92 Å². The molecule has 2 rings (SSSR count). The van der Waals surface area contributed by atoms with Gasteiger partial charge in [0.05, 0.1) is 5.92 Å². The van der Waals surface area contributed by atoms with Crippen LogP contribution in [0.4, 0.5) is 13.2 Å². The molecule has 1 fully saturated rings. The first-order valence-electron chi connectivity index (χ1n) is 6.60. The van der Waals surface area contributed by atoms with Crippen LogP contribution in [-0.2, 0) is 6.54 Å². The predicted molar refractivity (Wildman–Crippen MR) is 77.8 cm³/mol. The average Bonchev–Trinajstić information content (AvgIpc) is 2.39. The highest BCUT2D eigenvalue weighted by Crippen LogP contribution is 2.37. The van der Waals surface area contributed by atoms with Crippen LogP contribution in [0.25, 0.3) is 0 Å². The van der Waals surface area contributed by atoms with E-state index < -0.39 is 12.1 Å². The monoisotopic (exact) mass is 369 g/mol. The van der Waals surface area contributed by atoms with E-state index in [4.69, 9.17) is 11.6 Å². The molecule has 0 aromatic heterocycles. The van der Waals surface area contributed by atoms with Gasteiger partial charge in [-0.05, 0) is 43.0 Å². The Morgan fingerprint density at radius 2 is 2.05 bits per heavy atom. The van der Waals surface area contributed by atoms with Crippen LogP contribution in [0.1, 0.15) is 31.2 Å². The molecule has 0 amide bonds. The van der Waals surface area contributed by atoms with Crippen LogP contribution in [-0.4, -0.2) is 12.2 Å². The molecule has 1 saturated carbocycles. The highest BCUT2D eigenvalue weighted by molar-refractivity contribution is 9.10. The first kappa shape index (κ1) is 16.1. The third-order valence-electron chi connectivity index (χ3n) is 3.73. The number of rotatable bonds is 3. The standard InChI is InChI=1S/C14H16BrClF3N/c15-13-5-4-11(16)6-9(13)8-20-12-3-1-2-10(7-12)14(17,18)19/h4-6,10,12,20H,1-3,7-8H2. The Bertz CT molecular complexity index is 464. The van der Waals surface area contributed by atoms with Crippen molar-refractivity contribution in [3.63, 3.8) is 0 Å². The van der Waals surface area contributed by atoms with Gasteiger partial charge in [-0.2, -0.15) is 13.2 Å². The molecule has 0 bridgehead atoms. The van der Waals surface area contributed by atoms with Crippen molar-refractivity contribution in [3.8, 4) is 0 Å². The number of hydrogen-bond acceptors (Lipinski definition) is 1. The molecule has 0 saturated heterocycles. The quantitative estimate of drug-likeness (QED) is 0.760. The van der Waals surface area contributed by atoms with Gasteiger partial charge in [-0.25, -0.2) is 0 Å². The van der Waals surface area contributed by atoms with E-state index >= 15 is 0 Å². The molecule has 6 heteroatoms. The summed E-state index contributed by atoms with van der Waals surface area (Å²) in [6.45, 7) is 0.524. The van der Waals surface area contributed by atoms with E-state index in [-0.39, 0.29) is 18.9 Å². The Hall–Kier alpha value is -0.260. The van der Waals surface area contributed by atoms with Crippen molar-refractivity contribution >= 4 is 27.5 Å². The van der Waals surface area contributed by atoms with Crippen molar-refractivity contribution in [3.05, 3.63) is 33.3 Å². The highest BCUT2D eigenvalue weighted by atomic mass is 79.9. The summed E-state index contributed by atoms with van der Waals surface area (Å²) >= 11 is 9.34. The van der Waals surface area contributed by atoms with Crippen LogP contribution in [0.5, 0.6) is 0 Å². The van der Waals surface area contributed by atoms with Gasteiger partial charge in [0.1, 0.15) is 0 Å². The zero-order chi connectivity index (χ0) is 14.8. The lowest BCUT2D eigenvalue weighted by molar-refractivity contribution is -0.183. The lowest BCUT2D eigenvalue weighted by atomic mass is 9.85. The second-order valence-corrected chi connectivity index (χ2v) is 6.51. The topological polar surface area (TPSA) is 12.0 Å². The van der Waals surface area contributed by atoms with E-state index in [2.05, 4.69) is 21.2 Å². The number of halogens is 5. The molecule has 0 heterocycles. The minimum absolute atomic E-state index is 0.0822. The second-order valence-electron chi connectivity index (χ2n) is 5.22. The van der Waals surface area contributed by atoms with Gasteiger partial charge < -0.3 is 5.32 Å². The molecule has 1 aliphatic rings. The highest BCUT2D eigenvalue weighted by Gasteiger charge is 2.41. The largest absolute Gasteiger partial charge is 0.391 e. The summed E-state index contributed by atoms with van der Waals surface area (Å²) in [7, 11) is 0. The molecular weight excluding hydrogens is 355 g/mol. The fourth-order valence-electron chi connectivity index (χ4n) is 2.61. The fraction of sp³-hybridized carbons (Fsp3) is 0.571. The molecule has 20 heavy (non-hydrogen) atoms. The predicted octanol–water partition coefficient (Wildman–Crippen LogP) is 5.31. The molecule has 1 nitrogen and oxygen atoms in total. The summed E-state index contributed by atoms with van der Waals surface area (Å²) in [5.74, 6) is -1.17. The molecule has 1 aliphatic carbocycles. The molecule has 1 aromatic carbocycles. The van der Waals surface area contributed by atoms with Gasteiger partial charge in [0.25, 0.3) is 0 Å². The van der Waals surface area contributed by atoms with E-state index in [1.54, 1.807) is 6.07 Å².